The molecule has 0 aromatic carbocycles. The first-order chi connectivity index (χ1) is 4.38. The lowest BCUT2D eigenvalue weighted by Crippen LogP contribution is -2.23. The van der Waals surface area contributed by atoms with Crippen molar-refractivity contribution in [1.82, 2.24) is 0 Å². The highest BCUT2D eigenvalue weighted by molar-refractivity contribution is 8.38. The molecule has 0 radical (unpaired) electrons. The Labute approximate surface area is 62.3 Å². The van der Waals surface area contributed by atoms with Gasteiger partial charge in [-0.25, -0.2) is 0 Å². The van der Waals surface area contributed by atoms with Crippen molar-refractivity contribution in [3.05, 3.63) is 0 Å². The van der Waals surface area contributed by atoms with Gasteiger partial charge in [-0.15, -0.1) is 0 Å². The molecule has 0 saturated carbocycles. The van der Waals surface area contributed by atoms with Gasteiger partial charge in [-0.05, 0) is 23.5 Å². The van der Waals surface area contributed by atoms with Crippen LogP contribution in [0, 0.1) is 0 Å². The van der Waals surface area contributed by atoms with E-state index in [1.807, 2.05) is 11.8 Å². The summed E-state index contributed by atoms with van der Waals surface area (Å²) in [5.41, 5.74) is 0. The molecule has 0 saturated heterocycles. The van der Waals surface area contributed by atoms with Crippen molar-refractivity contribution in [3.8, 4) is 0 Å². The molecule has 2 rings (SSSR count). The van der Waals surface area contributed by atoms with E-state index in [0.717, 1.165) is 18.1 Å². The number of hydrogen-bond acceptors (Lipinski definition) is 3. The predicted octanol–water partition coefficient (Wildman–Crippen LogP) is 0.167. The summed E-state index contributed by atoms with van der Waals surface area (Å²) in [5.74, 6) is 2.02. The molecule has 0 aliphatic carbocycles. The Bertz CT molecular complexity index is 168. The average molecular weight is 162 g/mol. The molecule has 1 unspecified atom stereocenters. The second-order valence-electron chi connectivity index (χ2n) is 2.10. The zero-order chi connectivity index (χ0) is 6.27. The van der Waals surface area contributed by atoms with E-state index in [2.05, 4.69) is 4.58 Å². The molecule has 2 aliphatic rings. The van der Waals surface area contributed by atoms with Gasteiger partial charge < -0.3 is 5.11 Å². The molecule has 4 heteroatoms. The predicted molar refractivity (Wildman–Crippen MR) is 41.1 cm³/mol. The van der Waals surface area contributed by atoms with Crippen LogP contribution in [0.2, 0.25) is 0 Å². The fourth-order valence-corrected chi connectivity index (χ4v) is 3.52. The molecule has 2 nitrogen and oxygen atoms in total. The van der Waals surface area contributed by atoms with Crippen molar-refractivity contribution in [1.29, 1.82) is 0 Å². The second-order valence-corrected chi connectivity index (χ2v) is 4.45. The van der Waals surface area contributed by atoms with E-state index in [9.17, 15) is 5.11 Å². The van der Waals surface area contributed by atoms with Gasteiger partial charge >= 0.3 is 0 Å². The Morgan fingerprint density at radius 2 is 2.44 bits per heavy atom. The quantitative estimate of drug-likeness (QED) is 0.513. The first kappa shape index (κ1) is 6.07. The Morgan fingerprint density at radius 3 is 3.22 bits per heavy atom. The summed E-state index contributed by atoms with van der Waals surface area (Å²) in [4.78, 5) is 0. The third kappa shape index (κ3) is 0.893. The van der Waals surface area contributed by atoms with Crippen LogP contribution >= 0.6 is 23.5 Å². The third-order valence-corrected chi connectivity index (χ3v) is 4.03. The zero-order valence-corrected chi connectivity index (χ0v) is 6.54. The van der Waals surface area contributed by atoms with Crippen LogP contribution in [0.3, 0.4) is 0 Å². The van der Waals surface area contributed by atoms with E-state index in [-0.39, 0.29) is 6.23 Å². The van der Waals surface area contributed by atoms with Crippen molar-refractivity contribution in [2.75, 3.05) is 18.1 Å². The molecule has 50 valence electrons. The van der Waals surface area contributed by atoms with Gasteiger partial charge in [0.25, 0.3) is 10.6 Å². The fraction of sp³-hybridized carbons (Fsp3) is 0.800. The summed E-state index contributed by atoms with van der Waals surface area (Å²) in [6, 6.07) is 0. The minimum atomic E-state index is -0.194. The number of thioether (sulfide) groups is 2. The molecule has 1 N–H and O–H groups in total. The largest absolute Gasteiger partial charge is 0.336 e. The number of aliphatic hydroxyl groups excluding tert-OH is 1. The molecule has 2 aliphatic heterocycles. The van der Waals surface area contributed by atoms with E-state index in [4.69, 9.17) is 0 Å². The average Bonchev–Trinajstić information content (AvgIpc) is 2.35. The van der Waals surface area contributed by atoms with Gasteiger partial charge in [0.15, 0.2) is 6.54 Å². The normalized spacial score (nSPS) is 33.7. The van der Waals surface area contributed by atoms with Crippen LogP contribution in [-0.4, -0.2) is 38.3 Å². The van der Waals surface area contributed by atoms with Crippen LogP contribution in [0.15, 0.2) is 0 Å². The lowest BCUT2D eigenvalue weighted by atomic mass is 10.6. The van der Waals surface area contributed by atoms with Gasteiger partial charge in [-0.3, -0.25) is 0 Å². The molecule has 0 aromatic rings. The number of rotatable bonds is 0. The highest BCUT2D eigenvalue weighted by Crippen LogP contribution is 2.28. The molecular formula is C5H8NOS2+. The monoisotopic (exact) mass is 162 g/mol. The van der Waals surface area contributed by atoms with Crippen molar-refractivity contribution in [2.24, 2.45) is 0 Å². The summed E-state index contributed by atoms with van der Waals surface area (Å²) >= 11 is 3.64. The SMILES string of the molecule is OC1CSC2=[N+]1CCS2. The van der Waals surface area contributed by atoms with Crippen molar-refractivity contribution < 1.29 is 9.68 Å². The third-order valence-electron chi connectivity index (χ3n) is 1.51. The van der Waals surface area contributed by atoms with Gasteiger partial charge in [0.05, 0.1) is 11.5 Å². The maximum Gasteiger partial charge on any atom is 0.272 e. The van der Waals surface area contributed by atoms with Crippen LogP contribution in [0.5, 0.6) is 0 Å². The highest BCUT2D eigenvalue weighted by Gasteiger charge is 2.36. The van der Waals surface area contributed by atoms with Gasteiger partial charge in [-0.2, -0.15) is 4.58 Å². The van der Waals surface area contributed by atoms with Crippen LogP contribution < -0.4 is 0 Å². The molecule has 2 heterocycles. The fourth-order valence-electron chi connectivity index (χ4n) is 1.04. The van der Waals surface area contributed by atoms with E-state index in [1.54, 1.807) is 11.8 Å². The minimum absolute atomic E-state index is 0.194. The van der Waals surface area contributed by atoms with Crippen LogP contribution in [-0.2, 0) is 0 Å². The van der Waals surface area contributed by atoms with Crippen LogP contribution in [0.4, 0.5) is 0 Å². The van der Waals surface area contributed by atoms with E-state index in [1.165, 1.54) is 4.38 Å². The molecule has 0 amide bonds. The number of hydrogen-bond donors (Lipinski definition) is 1. The summed E-state index contributed by atoms with van der Waals surface area (Å²) in [7, 11) is 0. The molecule has 0 fully saturated rings. The Kier molecular flexibility index (Phi) is 1.47. The van der Waals surface area contributed by atoms with E-state index < -0.39 is 0 Å². The summed E-state index contributed by atoms with van der Waals surface area (Å²) in [6.45, 7) is 1.04. The van der Waals surface area contributed by atoms with Crippen LogP contribution in [0.25, 0.3) is 0 Å². The molecule has 0 spiro atoms. The lowest BCUT2D eigenvalue weighted by Gasteiger charge is -1.95. The maximum absolute atomic E-state index is 9.27. The first-order valence-electron chi connectivity index (χ1n) is 2.95. The first-order valence-corrected chi connectivity index (χ1v) is 4.92. The van der Waals surface area contributed by atoms with Gasteiger partial charge in [-0.1, -0.05) is 0 Å². The van der Waals surface area contributed by atoms with Gasteiger partial charge in [0, 0.05) is 0 Å². The molecule has 9 heavy (non-hydrogen) atoms. The Hall–Kier alpha value is 0.330. The standard InChI is InChI=1S/C5H8NOS2/c7-4-3-9-5-6(4)1-2-8-5/h4,7H,1-3H2/q+1. The Balaban J connectivity index is 2.24. The van der Waals surface area contributed by atoms with Crippen LogP contribution in [0.1, 0.15) is 0 Å². The molecule has 0 aromatic heterocycles. The van der Waals surface area contributed by atoms with Gasteiger partial charge in [0.1, 0.15) is 0 Å². The topological polar surface area (TPSA) is 23.2 Å². The van der Waals surface area contributed by atoms with Crippen molar-refractivity contribution >= 4 is 27.9 Å². The second kappa shape index (κ2) is 2.18. The van der Waals surface area contributed by atoms with E-state index in [0.29, 0.717) is 0 Å². The summed E-state index contributed by atoms with van der Waals surface area (Å²) in [6.07, 6.45) is -0.194. The van der Waals surface area contributed by atoms with Gasteiger partial charge in [0.2, 0.25) is 0 Å². The van der Waals surface area contributed by atoms with Crippen molar-refractivity contribution in [2.45, 2.75) is 6.23 Å². The van der Waals surface area contributed by atoms with Crippen molar-refractivity contribution in [3.63, 3.8) is 0 Å². The summed E-state index contributed by atoms with van der Waals surface area (Å²) < 4.78 is 3.40. The molecule has 1 atom stereocenters. The smallest absolute Gasteiger partial charge is 0.272 e. The zero-order valence-electron chi connectivity index (χ0n) is 4.91. The summed E-state index contributed by atoms with van der Waals surface area (Å²) in [5, 5.41) is 9.27. The minimum Gasteiger partial charge on any atom is -0.336 e. The lowest BCUT2D eigenvalue weighted by molar-refractivity contribution is -0.589. The highest BCUT2D eigenvalue weighted by atomic mass is 32.2. The molecular weight excluding hydrogens is 154 g/mol. The number of nitrogens with zero attached hydrogens (tertiary/aromatic N) is 1. The molecule has 0 bridgehead atoms. The van der Waals surface area contributed by atoms with E-state index >= 15 is 0 Å². The Morgan fingerprint density at radius 1 is 1.56 bits per heavy atom. The maximum atomic E-state index is 9.27. The number of aliphatic hydroxyl groups is 1.